The number of rotatable bonds is 1. The number of likely N-dealkylation sites (tertiary alicyclic amines) is 1. The molecule has 2 aliphatic rings. The number of carbonyl (C=O) groups excluding carboxylic acids is 1. The van der Waals surface area contributed by atoms with Crippen molar-refractivity contribution < 1.29 is 9.53 Å². The van der Waals surface area contributed by atoms with E-state index in [1.165, 1.54) is 25.7 Å². The third-order valence-corrected chi connectivity index (χ3v) is 3.37. The predicted octanol–water partition coefficient (Wildman–Crippen LogP) is 2.26. The zero-order valence-corrected chi connectivity index (χ0v) is 8.87. The third-order valence-electron chi connectivity index (χ3n) is 3.37. The summed E-state index contributed by atoms with van der Waals surface area (Å²) in [4.78, 5) is 13.4. The van der Waals surface area contributed by atoms with Gasteiger partial charge in [0.25, 0.3) is 0 Å². The average Bonchev–Trinajstić information content (AvgIpc) is 2.17. The van der Waals surface area contributed by atoms with Gasteiger partial charge in [0.15, 0.2) is 0 Å². The monoisotopic (exact) mass is 197 g/mol. The van der Waals surface area contributed by atoms with Crippen molar-refractivity contribution in [3.05, 3.63) is 0 Å². The van der Waals surface area contributed by atoms with Crippen LogP contribution < -0.4 is 0 Å². The zero-order valence-electron chi connectivity index (χ0n) is 8.87. The van der Waals surface area contributed by atoms with Gasteiger partial charge in [-0.05, 0) is 38.0 Å². The molecule has 1 amide bonds. The normalized spacial score (nSPS) is 31.4. The lowest BCUT2D eigenvalue weighted by molar-refractivity contribution is 0.0564. The molecule has 0 aromatic carbocycles. The van der Waals surface area contributed by atoms with Gasteiger partial charge in [-0.3, -0.25) is 0 Å². The summed E-state index contributed by atoms with van der Waals surface area (Å²) < 4.78 is 5.03. The van der Waals surface area contributed by atoms with Crippen LogP contribution in [0.3, 0.4) is 0 Å². The Morgan fingerprint density at radius 2 is 2.00 bits per heavy atom. The van der Waals surface area contributed by atoms with Gasteiger partial charge in [0, 0.05) is 13.1 Å². The van der Waals surface area contributed by atoms with E-state index in [1.807, 2.05) is 11.8 Å². The van der Waals surface area contributed by atoms with Crippen LogP contribution in [0.25, 0.3) is 0 Å². The molecule has 0 radical (unpaired) electrons. The molecule has 1 heterocycles. The third kappa shape index (κ3) is 2.02. The summed E-state index contributed by atoms with van der Waals surface area (Å²) in [6, 6.07) is 0. The van der Waals surface area contributed by atoms with Crippen LogP contribution in [-0.4, -0.2) is 30.7 Å². The van der Waals surface area contributed by atoms with Gasteiger partial charge in [0.2, 0.25) is 0 Å². The summed E-state index contributed by atoms with van der Waals surface area (Å²) in [6.07, 6.45) is 5.17. The van der Waals surface area contributed by atoms with Crippen LogP contribution in [0.4, 0.5) is 4.79 Å². The lowest BCUT2D eigenvalue weighted by Gasteiger charge is -2.40. The topological polar surface area (TPSA) is 29.5 Å². The van der Waals surface area contributed by atoms with E-state index >= 15 is 0 Å². The van der Waals surface area contributed by atoms with Crippen molar-refractivity contribution in [1.29, 1.82) is 0 Å². The van der Waals surface area contributed by atoms with Gasteiger partial charge >= 0.3 is 6.09 Å². The molecule has 2 bridgehead atoms. The number of piperidine rings is 1. The molecule has 2 atom stereocenters. The standard InChI is InChI=1S/C11H19NO2/c1-2-14-11(13)12-7-9-4-3-5-10(6-9)8-12/h9-10H,2-8H2,1H3. The van der Waals surface area contributed by atoms with Crippen molar-refractivity contribution in [3.63, 3.8) is 0 Å². The Morgan fingerprint density at radius 1 is 1.36 bits per heavy atom. The minimum atomic E-state index is -0.107. The molecule has 0 N–H and O–H groups in total. The van der Waals surface area contributed by atoms with Gasteiger partial charge in [-0.2, -0.15) is 0 Å². The van der Waals surface area contributed by atoms with Crippen LogP contribution in [0, 0.1) is 11.8 Å². The lowest BCUT2D eigenvalue weighted by Crippen LogP contribution is -2.45. The molecule has 2 fully saturated rings. The maximum Gasteiger partial charge on any atom is 0.409 e. The van der Waals surface area contributed by atoms with Crippen molar-refractivity contribution in [3.8, 4) is 0 Å². The summed E-state index contributed by atoms with van der Waals surface area (Å²) in [7, 11) is 0. The first-order valence-corrected chi connectivity index (χ1v) is 5.71. The molecule has 3 nitrogen and oxygen atoms in total. The van der Waals surface area contributed by atoms with Crippen LogP contribution in [-0.2, 0) is 4.74 Å². The quantitative estimate of drug-likeness (QED) is 0.645. The second kappa shape index (κ2) is 4.20. The summed E-state index contributed by atoms with van der Waals surface area (Å²) in [5, 5.41) is 0. The number of hydrogen-bond acceptors (Lipinski definition) is 2. The molecular weight excluding hydrogens is 178 g/mol. The van der Waals surface area contributed by atoms with E-state index in [-0.39, 0.29) is 6.09 Å². The first-order valence-electron chi connectivity index (χ1n) is 5.71. The van der Waals surface area contributed by atoms with Gasteiger partial charge < -0.3 is 9.64 Å². The fourth-order valence-corrected chi connectivity index (χ4v) is 2.80. The van der Waals surface area contributed by atoms with E-state index in [0.29, 0.717) is 6.61 Å². The first kappa shape index (κ1) is 9.81. The predicted molar refractivity (Wildman–Crippen MR) is 54.0 cm³/mol. The summed E-state index contributed by atoms with van der Waals surface area (Å²) in [6.45, 7) is 4.21. The Balaban J connectivity index is 1.91. The van der Waals surface area contributed by atoms with Gasteiger partial charge in [0.1, 0.15) is 0 Å². The lowest BCUT2D eigenvalue weighted by atomic mass is 9.78. The average molecular weight is 197 g/mol. The second-order valence-corrected chi connectivity index (χ2v) is 4.50. The Bertz CT molecular complexity index is 205. The summed E-state index contributed by atoms with van der Waals surface area (Å²) in [5.41, 5.74) is 0. The van der Waals surface area contributed by atoms with E-state index in [4.69, 9.17) is 4.74 Å². The van der Waals surface area contributed by atoms with E-state index < -0.39 is 0 Å². The number of ether oxygens (including phenoxy) is 1. The molecule has 80 valence electrons. The van der Waals surface area contributed by atoms with Crippen LogP contribution in [0.5, 0.6) is 0 Å². The molecule has 1 aliphatic carbocycles. The number of hydrogen-bond donors (Lipinski definition) is 0. The highest BCUT2D eigenvalue weighted by molar-refractivity contribution is 5.67. The van der Waals surface area contributed by atoms with Gasteiger partial charge in [-0.15, -0.1) is 0 Å². The fraction of sp³-hybridized carbons (Fsp3) is 0.909. The van der Waals surface area contributed by atoms with Gasteiger partial charge in [0.05, 0.1) is 6.61 Å². The molecule has 0 aromatic heterocycles. The Morgan fingerprint density at radius 3 is 2.57 bits per heavy atom. The molecule has 1 aliphatic heterocycles. The molecular formula is C11H19NO2. The summed E-state index contributed by atoms with van der Waals surface area (Å²) >= 11 is 0. The number of nitrogens with zero attached hydrogens (tertiary/aromatic N) is 1. The zero-order chi connectivity index (χ0) is 9.97. The van der Waals surface area contributed by atoms with Gasteiger partial charge in [-0.25, -0.2) is 4.79 Å². The van der Waals surface area contributed by atoms with Crippen molar-refractivity contribution in [2.75, 3.05) is 19.7 Å². The van der Waals surface area contributed by atoms with Crippen LogP contribution >= 0.6 is 0 Å². The maximum absolute atomic E-state index is 11.5. The first-order chi connectivity index (χ1) is 6.79. The molecule has 0 spiro atoms. The largest absolute Gasteiger partial charge is 0.450 e. The van der Waals surface area contributed by atoms with Crippen LogP contribution in [0.2, 0.25) is 0 Å². The maximum atomic E-state index is 11.5. The highest BCUT2D eigenvalue weighted by Crippen LogP contribution is 2.34. The molecule has 3 heteroatoms. The van der Waals surface area contributed by atoms with Gasteiger partial charge in [-0.1, -0.05) is 6.42 Å². The Hall–Kier alpha value is -0.730. The Kier molecular flexibility index (Phi) is 2.94. The van der Waals surface area contributed by atoms with Crippen molar-refractivity contribution in [1.82, 2.24) is 4.90 Å². The molecule has 0 aromatic rings. The SMILES string of the molecule is CCOC(=O)N1CC2CCCC(C2)C1. The molecule has 14 heavy (non-hydrogen) atoms. The van der Waals surface area contributed by atoms with Crippen molar-refractivity contribution >= 4 is 6.09 Å². The molecule has 1 saturated carbocycles. The van der Waals surface area contributed by atoms with Crippen molar-refractivity contribution in [2.45, 2.75) is 32.6 Å². The highest BCUT2D eigenvalue weighted by atomic mass is 16.6. The van der Waals surface area contributed by atoms with E-state index in [0.717, 1.165) is 24.9 Å². The number of amides is 1. The number of carbonyl (C=O) groups is 1. The van der Waals surface area contributed by atoms with E-state index in [2.05, 4.69) is 0 Å². The van der Waals surface area contributed by atoms with E-state index in [9.17, 15) is 4.79 Å². The van der Waals surface area contributed by atoms with Crippen LogP contribution in [0.1, 0.15) is 32.6 Å². The minimum Gasteiger partial charge on any atom is -0.450 e. The Labute approximate surface area is 85.4 Å². The molecule has 2 rings (SSSR count). The highest BCUT2D eigenvalue weighted by Gasteiger charge is 2.32. The summed E-state index contributed by atoms with van der Waals surface area (Å²) in [5.74, 6) is 1.49. The second-order valence-electron chi connectivity index (χ2n) is 4.50. The fourth-order valence-electron chi connectivity index (χ4n) is 2.80. The van der Waals surface area contributed by atoms with E-state index in [1.54, 1.807) is 0 Å². The number of fused-ring (bicyclic) bond motifs is 2. The molecule has 2 unspecified atom stereocenters. The minimum absolute atomic E-state index is 0.107. The molecule has 1 saturated heterocycles. The smallest absolute Gasteiger partial charge is 0.409 e. The van der Waals surface area contributed by atoms with Crippen molar-refractivity contribution in [2.24, 2.45) is 11.8 Å². The van der Waals surface area contributed by atoms with Crippen LogP contribution in [0.15, 0.2) is 0 Å².